The molecule has 0 aliphatic carbocycles. The number of rotatable bonds is 8. The molecule has 0 radical (unpaired) electrons. The molecule has 0 spiro atoms. The Hall–Kier alpha value is -4.35. The van der Waals surface area contributed by atoms with Crippen molar-refractivity contribution in [2.45, 2.75) is 9.79 Å². The SMILES string of the molecule is O=C(Nc1ccc2c(O)c(N=Nc3ccc(N=Nc4ccc(S(=O)(=O)O)cc4)cc3)c(S(=O)(=O)O)cc2c1)c1ccccc1.[Na+]. The summed E-state index contributed by atoms with van der Waals surface area (Å²) in [6, 6.07) is 25.1. The summed E-state index contributed by atoms with van der Waals surface area (Å²) in [5.74, 6) is -0.943. The number of phenols is 1. The first kappa shape index (κ1) is 33.5. The van der Waals surface area contributed by atoms with Crippen molar-refractivity contribution in [2.24, 2.45) is 20.5 Å². The average molecular weight is 655 g/mol. The molecule has 0 fully saturated rings. The zero-order valence-electron chi connectivity index (χ0n) is 23.3. The van der Waals surface area contributed by atoms with Crippen LogP contribution in [0.1, 0.15) is 10.4 Å². The number of phenolic OH excluding ortho intramolecular Hbond substituents is 1. The minimum atomic E-state index is -4.86. The molecule has 222 valence electrons. The molecule has 5 rings (SSSR count). The van der Waals surface area contributed by atoms with Crippen LogP contribution in [0.4, 0.5) is 28.4 Å². The van der Waals surface area contributed by atoms with Gasteiger partial charge < -0.3 is 10.4 Å². The number of nitrogens with zero attached hydrogens (tertiary/aromatic N) is 4. The summed E-state index contributed by atoms with van der Waals surface area (Å²) < 4.78 is 65.7. The van der Waals surface area contributed by atoms with Crippen LogP contribution in [-0.2, 0) is 20.2 Å². The largest absolute Gasteiger partial charge is 1.00 e. The number of benzene rings is 5. The molecule has 0 heterocycles. The molecule has 0 bridgehead atoms. The van der Waals surface area contributed by atoms with Crippen LogP contribution in [0.3, 0.4) is 0 Å². The molecular formula is C29H21N5NaO8S2+. The van der Waals surface area contributed by atoms with Gasteiger partial charge in [0, 0.05) is 16.6 Å². The molecule has 5 aromatic rings. The third-order valence-electron chi connectivity index (χ3n) is 6.15. The topological polar surface area (TPSA) is 208 Å². The quantitative estimate of drug-likeness (QED) is 0.108. The summed E-state index contributed by atoms with van der Waals surface area (Å²) in [5, 5.41) is 29.9. The Labute approximate surface area is 279 Å². The van der Waals surface area contributed by atoms with Gasteiger partial charge in [-0.25, -0.2) is 0 Å². The minimum absolute atomic E-state index is 0. The van der Waals surface area contributed by atoms with Gasteiger partial charge in [-0.15, -0.1) is 5.11 Å². The number of azo groups is 2. The van der Waals surface area contributed by atoms with Gasteiger partial charge in [-0.2, -0.15) is 32.2 Å². The number of hydrogen-bond donors (Lipinski definition) is 4. The van der Waals surface area contributed by atoms with E-state index in [1.54, 1.807) is 30.3 Å². The summed E-state index contributed by atoms with van der Waals surface area (Å²) >= 11 is 0. The first-order valence-corrected chi connectivity index (χ1v) is 15.4. The maximum atomic E-state index is 12.5. The zero-order valence-corrected chi connectivity index (χ0v) is 26.9. The standard InChI is InChI=1S/C29H21N5O8S2.Na/c35-28-25-15-12-23(30-29(36)18-4-2-1-3-5-18)16-19(25)17-26(44(40,41)42)27(28)34-33-21-8-6-20(7-9-21)31-32-22-10-13-24(14-11-22)43(37,38)39;/h1-17,35H,(H,30,36)(H,37,38,39)(H,40,41,42);/q;+1. The Balaban J connectivity index is 0.00000461. The molecule has 5 aromatic carbocycles. The summed E-state index contributed by atoms with van der Waals surface area (Å²) in [6.45, 7) is 0. The molecule has 16 heteroatoms. The van der Waals surface area contributed by atoms with Crippen LogP contribution in [0, 0.1) is 0 Å². The van der Waals surface area contributed by atoms with Gasteiger partial charge in [0.1, 0.15) is 10.6 Å². The van der Waals surface area contributed by atoms with Gasteiger partial charge in [-0.1, -0.05) is 18.2 Å². The van der Waals surface area contributed by atoms with Crippen LogP contribution in [-0.4, -0.2) is 37.0 Å². The van der Waals surface area contributed by atoms with E-state index >= 15 is 0 Å². The number of anilines is 1. The Kier molecular flexibility index (Phi) is 10.2. The zero-order chi connectivity index (χ0) is 31.5. The van der Waals surface area contributed by atoms with Crippen LogP contribution in [0.5, 0.6) is 5.75 Å². The number of carbonyl (C=O) groups is 1. The van der Waals surface area contributed by atoms with Crippen LogP contribution in [0.25, 0.3) is 10.8 Å². The van der Waals surface area contributed by atoms with E-state index in [1.165, 1.54) is 66.7 Å². The summed E-state index contributed by atoms with van der Waals surface area (Å²) in [4.78, 5) is 11.5. The van der Waals surface area contributed by atoms with Crippen molar-refractivity contribution in [3.8, 4) is 5.75 Å². The van der Waals surface area contributed by atoms with Gasteiger partial charge in [-0.05, 0) is 90.3 Å². The van der Waals surface area contributed by atoms with Crippen LogP contribution in [0.15, 0.2) is 133 Å². The van der Waals surface area contributed by atoms with Gasteiger partial charge in [0.2, 0.25) is 0 Å². The second-order valence-electron chi connectivity index (χ2n) is 9.19. The predicted molar refractivity (Wildman–Crippen MR) is 161 cm³/mol. The van der Waals surface area contributed by atoms with E-state index in [1.807, 2.05) is 0 Å². The maximum Gasteiger partial charge on any atom is 1.00 e. The molecule has 45 heavy (non-hydrogen) atoms. The van der Waals surface area contributed by atoms with E-state index in [0.29, 0.717) is 22.6 Å². The average Bonchev–Trinajstić information content (AvgIpc) is 2.99. The molecule has 13 nitrogen and oxygen atoms in total. The van der Waals surface area contributed by atoms with Crippen LogP contribution in [0.2, 0.25) is 0 Å². The second-order valence-corrected chi connectivity index (χ2v) is 12.0. The van der Waals surface area contributed by atoms with Gasteiger partial charge in [0.15, 0.2) is 5.75 Å². The van der Waals surface area contributed by atoms with Gasteiger partial charge in [0.25, 0.3) is 26.1 Å². The van der Waals surface area contributed by atoms with Crippen molar-refractivity contribution in [1.29, 1.82) is 0 Å². The fraction of sp³-hybridized carbons (Fsp3) is 0. The maximum absolute atomic E-state index is 12.5. The number of aromatic hydroxyl groups is 1. The third-order valence-corrected chi connectivity index (χ3v) is 7.89. The molecule has 0 unspecified atom stereocenters. The van der Waals surface area contributed by atoms with Crippen molar-refractivity contribution in [1.82, 2.24) is 0 Å². The Morgan fingerprint density at radius 1 is 0.644 bits per heavy atom. The van der Waals surface area contributed by atoms with Crippen molar-refractivity contribution in [2.75, 3.05) is 5.32 Å². The molecule has 0 saturated heterocycles. The Morgan fingerprint density at radius 2 is 1.18 bits per heavy atom. The van der Waals surface area contributed by atoms with Crippen LogP contribution >= 0.6 is 0 Å². The molecule has 4 N–H and O–H groups in total. The van der Waals surface area contributed by atoms with E-state index in [0.717, 1.165) is 6.07 Å². The van der Waals surface area contributed by atoms with Crippen molar-refractivity contribution in [3.63, 3.8) is 0 Å². The minimum Gasteiger partial charge on any atom is -0.505 e. The summed E-state index contributed by atoms with van der Waals surface area (Å²) in [7, 11) is -9.18. The number of fused-ring (bicyclic) bond motifs is 1. The third kappa shape index (κ3) is 8.23. The molecular weight excluding hydrogens is 633 g/mol. The van der Waals surface area contributed by atoms with Crippen molar-refractivity contribution >= 4 is 65.4 Å². The number of carbonyl (C=O) groups excluding carboxylic acids is 1. The van der Waals surface area contributed by atoms with E-state index in [9.17, 15) is 31.3 Å². The normalized spacial score (nSPS) is 12.0. The fourth-order valence-electron chi connectivity index (χ4n) is 4.01. The first-order chi connectivity index (χ1) is 20.9. The molecule has 0 atom stereocenters. The summed E-state index contributed by atoms with van der Waals surface area (Å²) in [6.07, 6.45) is 0. The van der Waals surface area contributed by atoms with Gasteiger partial charge in [-0.3, -0.25) is 13.9 Å². The van der Waals surface area contributed by atoms with E-state index in [-0.39, 0.29) is 50.9 Å². The Morgan fingerprint density at radius 3 is 1.71 bits per heavy atom. The number of amides is 1. The van der Waals surface area contributed by atoms with E-state index in [4.69, 9.17) is 4.55 Å². The van der Waals surface area contributed by atoms with Crippen molar-refractivity contribution < 1.29 is 65.4 Å². The monoisotopic (exact) mass is 654 g/mol. The Bertz CT molecular complexity index is 2160. The summed E-state index contributed by atoms with van der Waals surface area (Å²) in [5.41, 5.74) is 1.23. The first-order valence-electron chi connectivity index (χ1n) is 12.5. The molecule has 0 aromatic heterocycles. The van der Waals surface area contributed by atoms with Gasteiger partial charge in [0.05, 0.1) is 22.0 Å². The smallest absolute Gasteiger partial charge is 0.505 e. The van der Waals surface area contributed by atoms with Crippen LogP contribution < -0.4 is 34.9 Å². The van der Waals surface area contributed by atoms with Gasteiger partial charge >= 0.3 is 29.6 Å². The predicted octanol–water partition coefficient (Wildman–Crippen LogP) is 4.13. The molecule has 0 saturated carbocycles. The van der Waals surface area contributed by atoms with E-state index in [2.05, 4.69) is 25.8 Å². The fourth-order valence-corrected chi connectivity index (χ4v) is 5.15. The van der Waals surface area contributed by atoms with Crippen molar-refractivity contribution in [3.05, 3.63) is 109 Å². The number of nitrogens with one attached hydrogen (secondary N) is 1. The van der Waals surface area contributed by atoms with E-state index < -0.39 is 42.5 Å². The second kappa shape index (κ2) is 13.7. The number of hydrogen-bond acceptors (Lipinski definition) is 10. The molecule has 0 aliphatic heterocycles. The molecule has 0 aliphatic rings. The molecule has 1 amide bonds.